The third kappa shape index (κ3) is 5.98. The second-order valence-corrected chi connectivity index (χ2v) is 10.7. The molecule has 8 nitrogen and oxygen atoms in total. The molecule has 0 aromatic heterocycles. The highest BCUT2D eigenvalue weighted by Crippen LogP contribution is 2.44. The van der Waals surface area contributed by atoms with E-state index in [1.54, 1.807) is 20.8 Å². The number of carbonyl (C=O) groups excluding carboxylic acids is 2. The van der Waals surface area contributed by atoms with Crippen LogP contribution in [0.1, 0.15) is 69.9 Å². The first-order chi connectivity index (χ1) is 17.1. The second-order valence-electron chi connectivity index (χ2n) is 10.7. The molecular weight excluding hydrogens is 460 g/mol. The van der Waals surface area contributed by atoms with Gasteiger partial charge in [0, 0.05) is 12.0 Å². The van der Waals surface area contributed by atoms with Gasteiger partial charge in [0.1, 0.15) is 12.2 Å². The van der Waals surface area contributed by atoms with Gasteiger partial charge in [0.2, 0.25) is 0 Å². The van der Waals surface area contributed by atoms with Gasteiger partial charge in [-0.3, -0.25) is 4.79 Å². The molecule has 2 amide bonds. The van der Waals surface area contributed by atoms with Crippen LogP contribution in [0.5, 0.6) is 0 Å². The molecule has 0 saturated heterocycles. The van der Waals surface area contributed by atoms with Crippen LogP contribution in [0.15, 0.2) is 48.5 Å². The number of carbonyl (C=O) groups is 3. The molecule has 2 aliphatic carbocycles. The molecule has 8 heteroatoms. The Morgan fingerprint density at radius 1 is 0.944 bits per heavy atom. The lowest BCUT2D eigenvalue weighted by Gasteiger charge is -2.39. The number of benzene rings is 2. The Morgan fingerprint density at radius 3 is 2.03 bits per heavy atom. The van der Waals surface area contributed by atoms with Crippen molar-refractivity contribution < 1.29 is 29.0 Å². The molecule has 0 aliphatic heterocycles. The zero-order valence-corrected chi connectivity index (χ0v) is 21.0. The number of hydrogen-bond donors (Lipinski definition) is 3. The van der Waals surface area contributed by atoms with Crippen molar-refractivity contribution in [1.29, 1.82) is 0 Å². The number of amides is 2. The van der Waals surface area contributed by atoms with Crippen molar-refractivity contribution in [2.75, 3.05) is 6.61 Å². The summed E-state index contributed by atoms with van der Waals surface area (Å²) in [6.45, 7) is 5.54. The van der Waals surface area contributed by atoms with Crippen molar-refractivity contribution in [3.05, 3.63) is 59.7 Å². The molecule has 4 rings (SSSR count). The van der Waals surface area contributed by atoms with E-state index in [-0.39, 0.29) is 25.0 Å². The lowest BCUT2D eigenvalue weighted by atomic mass is 9.77. The smallest absolute Gasteiger partial charge is 0.407 e. The number of rotatable bonds is 6. The third-order valence-corrected chi connectivity index (χ3v) is 6.86. The van der Waals surface area contributed by atoms with E-state index in [1.165, 1.54) is 0 Å². The fourth-order valence-electron chi connectivity index (χ4n) is 5.28. The van der Waals surface area contributed by atoms with Crippen molar-refractivity contribution in [3.8, 4) is 11.1 Å². The van der Waals surface area contributed by atoms with Crippen LogP contribution in [0.4, 0.5) is 9.59 Å². The van der Waals surface area contributed by atoms with E-state index in [0.29, 0.717) is 25.7 Å². The Bertz CT molecular complexity index is 1090. The van der Waals surface area contributed by atoms with Gasteiger partial charge in [-0.05, 0) is 68.7 Å². The SMILES string of the molecule is CC(C)(C)OC(=O)NC1CCC(CC(=O)O)(NC(=O)OCC2c3ccccc3-c3ccccc32)CC1. The van der Waals surface area contributed by atoms with Gasteiger partial charge in [-0.25, -0.2) is 9.59 Å². The Balaban J connectivity index is 1.37. The summed E-state index contributed by atoms with van der Waals surface area (Å²) < 4.78 is 11.0. The normalized spacial score (nSPS) is 21.1. The van der Waals surface area contributed by atoms with E-state index >= 15 is 0 Å². The minimum absolute atomic E-state index is 0.0765. The van der Waals surface area contributed by atoms with Gasteiger partial charge in [-0.15, -0.1) is 0 Å². The predicted octanol–water partition coefficient (Wildman–Crippen LogP) is 5.21. The number of hydrogen-bond acceptors (Lipinski definition) is 5. The lowest BCUT2D eigenvalue weighted by molar-refractivity contribution is -0.139. The summed E-state index contributed by atoms with van der Waals surface area (Å²) in [5.74, 6) is -1.07. The monoisotopic (exact) mass is 494 g/mol. The van der Waals surface area contributed by atoms with Crippen LogP contribution in [0.2, 0.25) is 0 Å². The fourth-order valence-corrected chi connectivity index (χ4v) is 5.28. The number of ether oxygens (including phenoxy) is 2. The molecule has 0 bridgehead atoms. The molecule has 36 heavy (non-hydrogen) atoms. The zero-order valence-electron chi connectivity index (χ0n) is 21.0. The topological polar surface area (TPSA) is 114 Å². The van der Waals surface area contributed by atoms with Crippen LogP contribution >= 0.6 is 0 Å². The van der Waals surface area contributed by atoms with Crippen molar-refractivity contribution >= 4 is 18.2 Å². The summed E-state index contributed by atoms with van der Waals surface area (Å²) in [5.41, 5.74) is 2.97. The first-order valence-electron chi connectivity index (χ1n) is 12.4. The second kappa shape index (κ2) is 10.2. The molecule has 0 atom stereocenters. The van der Waals surface area contributed by atoms with Crippen molar-refractivity contribution in [1.82, 2.24) is 10.6 Å². The number of carboxylic acids is 1. The molecule has 3 N–H and O–H groups in total. The maximum atomic E-state index is 12.9. The highest BCUT2D eigenvalue weighted by Gasteiger charge is 2.40. The zero-order chi connectivity index (χ0) is 25.9. The summed E-state index contributed by atoms with van der Waals surface area (Å²) >= 11 is 0. The van der Waals surface area contributed by atoms with E-state index in [9.17, 15) is 19.5 Å². The molecule has 0 heterocycles. The maximum Gasteiger partial charge on any atom is 0.407 e. The molecule has 0 unspecified atom stereocenters. The Labute approximate surface area is 211 Å². The minimum atomic E-state index is -0.993. The lowest BCUT2D eigenvalue weighted by Crippen LogP contribution is -2.54. The summed E-state index contributed by atoms with van der Waals surface area (Å²) in [4.78, 5) is 36.6. The van der Waals surface area contributed by atoms with Crippen LogP contribution < -0.4 is 10.6 Å². The van der Waals surface area contributed by atoms with Gasteiger partial charge < -0.3 is 25.2 Å². The first kappa shape index (κ1) is 25.5. The van der Waals surface area contributed by atoms with Crippen LogP contribution in [0.3, 0.4) is 0 Å². The van der Waals surface area contributed by atoms with Gasteiger partial charge in [-0.1, -0.05) is 48.5 Å². The third-order valence-electron chi connectivity index (χ3n) is 6.86. The van der Waals surface area contributed by atoms with Gasteiger partial charge in [0.25, 0.3) is 0 Å². The minimum Gasteiger partial charge on any atom is -0.481 e. The summed E-state index contributed by atoms with van der Waals surface area (Å²) in [6, 6.07) is 16.0. The standard InChI is InChI=1S/C28H34N2O6/c1-27(2,3)36-25(33)29-18-12-14-28(15-13-18,16-24(31)32)30-26(34)35-17-23-21-10-6-4-8-19(21)20-9-5-7-11-22(20)23/h4-11,18,23H,12-17H2,1-3H3,(H,29,33)(H,30,34)(H,31,32). The molecular formula is C28H34N2O6. The molecule has 0 radical (unpaired) electrons. The Kier molecular flexibility index (Phi) is 7.24. The van der Waals surface area contributed by atoms with Gasteiger partial charge >= 0.3 is 18.2 Å². The van der Waals surface area contributed by atoms with E-state index in [0.717, 1.165) is 22.3 Å². The van der Waals surface area contributed by atoms with E-state index < -0.39 is 29.3 Å². The average Bonchev–Trinajstić information content (AvgIpc) is 3.11. The van der Waals surface area contributed by atoms with Gasteiger partial charge in [0.05, 0.1) is 12.0 Å². The maximum absolute atomic E-state index is 12.9. The fraction of sp³-hybridized carbons (Fsp3) is 0.464. The van der Waals surface area contributed by atoms with Gasteiger partial charge in [0.15, 0.2) is 0 Å². The first-order valence-corrected chi connectivity index (χ1v) is 12.4. The summed E-state index contributed by atoms with van der Waals surface area (Å²) in [7, 11) is 0. The molecule has 2 aromatic rings. The van der Waals surface area contributed by atoms with Crippen molar-refractivity contribution in [2.24, 2.45) is 0 Å². The Hall–Kier alpha value is -3.55. The number of fused-ring (bicyclic) bond motifs is 3. The summed E-state index contributed by atoms with van der Waals surface area (Å²) in [6.07, 6.45) is 0.524. The number of nitrogens with one attached hydrogen (secondary N) is 2. The van der Waals surface area contributed by atoms with Crippen LogP contribution in [0.25, 0.3) is 11.1 Å². The molecule has 0 spiro atoms. The molecule has 1 fully saturated rings. The van der Waals surface area contributed by atoms with E-state index in [2.05, 4.69) is 22.8 Å². The van der Waals surface area contributed by atoms with Crippen molar-refractivity contribution in [3.63, 3.8) is 0 Å². The highest BCUT2D eigenvalue weighted by molar-refractivity contribution is 5.79. The highest BCUT2D eigenvalue weighted by atomic mass is 16.6. The predicted molar refractivity (Wildman–Crippen MR) is 135 cm³/mol. The molecule has 192 valence electrons. The number of aliphatic carboxylic acids is 1. The van der Waals surface area contributed by atoms with E-state index in [4.69, 9.17) is 9.47 Å². The van der Waals surface area contributed by atoms with Crippen LogP contribution in [-0.4, -0.2) is 47.1 Å². The Morgan fingerprint density at radius 2 is 1.50 bits per heavy atom. The molecule has 2 aliphatic rings. The molecule has 2 aromatic carbocycles. The largest absolute Gasteiger partial charge is 0.481 e. The van der Waals surface area contributed by atoms with Gasteiger partial charge in [-0.2, -0.15) is 0 Å². The van der Waals surface area contributed by atoms with Crippen LogP contribution in [0, 0.1) is 0 Å². The number of carboxylic acid groups (broad SMARTS) is 1. The van der Waals surface area contributed by atoms with Crippen LogP contribution in [-0.2, 0) is 14.3 Å². The van der Waals surface area contributed by atoms with Crippen molar-refractivity contribution in [2.45, 2.75) is 76.0 Å². The van der Waals surface area contributed by atoms with E-state index in [1.807, 2.05) is 36.4 Å². The molecule has 1 saturated carbocycles. The average molecular weight is 495 g/mol. The summed E-state index contributed by atoms with van der Waals surface area (Å²) in [5, 5.41) is 15.2. The number of alkyl carbamates (subject to hydrolysis) is 2. The quantitative estimate of drug-likeness (QED) is 0.508.